The first-order valence-electron chi connectivity index (χ1n) is 6.49. The Morgan fingerprint density at radius 2 is 1.86 bits per heavy atom. The van der Waals surface area contributed by atoms with Crippen molar-refractivity contribution in [2.75, 3.05) is 12.8 Å². The molecule has 0 atom stereocenters. The minimum atomic E-state index is 0. The Hall–Kier alpha value is -2.26. The number of nitrogen functional groups attached to an aromatic ring is 1. The quantitative estimate of drug-likeness (QED) is 0.770. The maximum absolute atomic E-state index is 6.09. The Kier molecular flexibility index (Phi) is 4.34. The number of rotatable bonds is 2. The van der Waals surface area contributed by atoms with Gasteiger partial charge in [-0.05, 0) is 36.6 Å². The molecule has 108 valence electrons. The Morgan fingerprint density at radius 3 is 2.62 bits per heavy atom. The van der Waals surface area contributed by atoms with E-state index in [1.54, 1.807) is 7.11 Å². The highest BCUT2D eigenvalue weighted by atomic mass is 35.5. The van der Waals surface area contributed by atoms with E-state index in [2.05, 4.69) is 36.2 Å². The van der Waals surface area contributed by atoms with E-state index in [0.717, 1.165) is 27.8 Å². The van der Waals surface area contributed by atoms with E-state index in [-0.39, 0.29) is 12.4 Å². The molecule has 0 aliphatic rings. The van der Waals surface area contributed by atoms with Crippen LogP contribution in [0.25, 0.3) is 22.0 Å². The molecule has 0 saturated heterocycles. The topological polar surface area (TPSA) is 48.1 Å². The first-order chi connectivity index (χ1) is 9.67. The number of benzene rings is 2. The summed E-state index contributed by atoms with van der Waals surface area (Å²) in [6.45, 7) is 2.05. The fourth-order valence-corrected chi connectivity index (χ4v) is 2.32. The summed E-state index contributed by atoms with van der Waals surface area (Å²) in [7, 11) is 1.66. The maximum atomic E-state index is 6.09. The van der Waals surface area contributed by atoms with Gasteiger partial charge < -0.3 is 10.5 Å². The molecule has 4 heteroatoms. The summed E-state index contributed by atoms with van der Waals surface area (Å²) in [5.74, 6) is 1.37. The van der Waals surface area contributed by atoms with Crippen molar-refractivity contribution in [2.24, 2.45) is 0 Å². The molecule has 3 aromatic rings. The molecule has 0 bridgehead atoms. The van der Waals surface area contributed by atoms with E-state index in [4.69, 9.17) is 10.5 Å². The fourth-order valence-electron chi connectivity index (χ4n) is 2.32. The van der Waals surface area contributed by atoms with Crippen LogP contribution in [0.2, 0.25) is 0 Å². The summed E-state index contributed by atoms with van der Waals surface area (Å²) in [5, 5.41) is 2.09. The molecular formula is C17H17ClN2O. The van der Waals surface area contributed by atoms with Crippen molar-refractivity contribution in [1.82, 2.24) is 4.98 Å². The number of halogens is 1. The largest absolute Gasteiger partial charge is 0.497 e. The molecular weight excluding hydrogens is 284 g/mol. The van der Waals surface area contributed by atoms with Crippen molar-refractivity contribution in [3.05, 3.63) is 54.1 Å². The lowest BCUT2D eigenvalue weighted by Gasteiger charge is -2.08. The molecule has 0 aliphatic heterocycles. The summed E-state index contributed by atoms with van der Waals surface area (Å²) >= 11 is 0. The highest BCUT2D eigenvalue weighted by Gasteiger charge is 2.06. The lowest BCUT2D eigenvalue weighted by molar-refractivity contribution is 0.415. The number of aryl methyl sites for hydroxylation is 1. The van der Waals surface area contributed by atoms with Crippen molar-refractivity contribution in [3.63, 3.8) is 0 Å². The smallest absolute Gasteiger partial charge is 0.131 e. The summed E-state index contributed by atoms with van der Waals surface area (Å²) < 4.78 is 5.25. The molecule has 0 fully saturated rings. The maximum Gasteiger partial charge on any atom is 0.131 e. The van der Waals surface area contributed by atoms with Crippen molar-refractivity contribution in [3.8, 4) is 17.0 Å². The van der Waals surface area contributed by atoms with Crippen molar-refractivity contribution in [1.29, 1.82) is 0 Å². The van der Waals surface area contributed by atoms with Gasteiger partial charge in [-0.25, -0.2) is 4.98 Å². The van der Waals surface area contributed by atoms with Crippen molar-refractivity contribution >= 4 is 29.0 Å². The highest BCUT2D eigenvalue weighted by molar-refractivity contribution is 5.94. The van der Waals surface area contributed by atoms with Gasteiger partial charge in [-0.1, -0.05) is 29.8 Å². The van der Waals surface area contributed by atoms with Crippen LogP contribution in [-0.4, -0.2) is 12.1 Å². The molecule has 0 amide bonds. The number of anilines is 1. The van der Waals surface area contributed by atoms with E-state index >= 15 is 0 Å². The minimum Gasteiger partial charge on any atom is -0.497 e. The van der Waals surface area contributed by atoms with Crippen LogP contribution in [0.5, 0.6) is 5.75 Å². The Labute approximate surface area is 130 Å². The van der Waals surface area contributed by atoms with Crippen LogP contribution in [0.3, 0.4) is 0 Å². The standard InChI is InChI=1S/C17H16N2O.ClH/c1-11-6-7-12-10-16(19-17(18)15(12)8-11)13-4-3-5-14(9-13)20-2;/h3-10H,1-2H3,(H2,18,19);1H. The zero-order valence-electron chi connectivity index (χ0n) is 12.0. The van der Waals surface area contributed by atoms with Crippen molar-refractivity contribution < 1.29 is 4.74 Å². The van der Waals surface area contributed by atoms with Gasteiger partial charge in [-0.3, -0.25) is 0 Å². The predicted octanol–water partition coefficient (Wildman–Crippen LogP) is 4.22. The van der Waals surface area contributed by atoms with Gasteiger partial charge in [0, 0.05) is 10.9 Å². The molecule has 21 heavy (non-hydrogen) atoms. The van der Waals surface area contributed by atoms with Crippen LogP contribution in [0.4, 0.5) is 5.82 Å². The molecule has 2 aromatic carbocycles. The van der Waals surface area contributed by atoms with Gasteiger partial charge in [0.15, 0.2) is 0 Å². The molecule has 0 unspecified atom stereocenters. The summed E-state index contributed by atoms with van der Waals surface area (Å²) in [6, 6.07) is 16.1. The first-order valence-corrected chi connectivity index (χ1v) is 6.49. The first kappa shape index (κ1) is 15.1. The molecule has 2 N–H and O–H groups in total. The molecule has 1 aromatic heterocycles. The van der Waals surface area contributed by atoms with E-state index in [0.29, 0.717) is 5.82 Å². The van der Waals surface area contributed by atoms with E-state index in [1.165, 1.54) is 5.56 Å². The van der Waals surface area contributed by atoms with Crippen molar-refractivity contribution in [2.45, 2.75) is 6.92 Å². The fraction of sp³-hybridized carbons (Fsp3) is 0.118. The SMILES string of the molecule is COc1cccc(-c2cc3ccc(C)cc3c(N)n2)c1.Cl. The zero-order chi connectivity index (χ0) is 14.1. The minimum absolute atomic E-state index is 0. The lowest BCUT2D eigenvalue weighted by atomic mass is 10.0. The molecule has 1 heterocycles. The number of nitrogens with zero attached hydrogens (tertiary/aromatic N) is 1. The Morgan fingerprint density at radius 1 is 1.05 bits per heavy atom. The van der Waals surface area contributed by atoms with E-state index in [9.17, 15) is 0 Å². The van der Waals surface area contributed by atoms with Crippen LogP contribution in [0.15, 0.2) is 48.5 Å². The molecule has 0 radical (unpaired) electrons. The van der Waals surface area contributed by atoms with Gasteiger partial charge in [0.2, 0.25) is 0 Å². The van der Waals surface area contributed by atoms with E-state index < -0.39 is 0 Å². The van der Waals surface area contributed by atoms with Crippen LogP contribution in [-0.2, 0) is 0 Å². The number of ether oxygens (including phenoxy) is 1. The van der Waals surface area contributed by atoms with Gasteiger partial charge in [0.1, 0.15) is 11.6 Å². The zero-order valence-corrected chi connectivity index (χ0v) is 12.8. The second-order valence-electron chi connectivity index (χ2n) is 4.85. The van der Waals surface area contributed by atoms with Crippen LogP contribution in [0, 0.1) is 6.92 Å². The van der Waals surface area contributed by atoms with Gasteiger partial charge in [0.05, 0.1) is 12.8 Å². The number of nitrogens with two attached hydrogens (primary N) is 1. The number of hydrogen-bond acceptors (Lipinski definition) is 3. The van der Waals surface area contributed by atoms with Gasteiger partial charge >= 0.3 is 0 Å². The summed E-state index contributed by atoms with van der Waals surface area (Å²) in [5.41, 5.74) is 9.13. The lowest BCUT2D eigenvalue weighted by Crippen LogP contribution is -1.95. The van der Waals surface area contributed by atoms with Gasteiger partial charge in [-0.2, -0.15) is 0 Å². The number of fused-ring (bicyclic) bond motifs is 1. The van der Waals surface area contributed by atoms with Crippen LogP contribution < -0.4 is 10.5 Å². The third-order valence-corrected chi connectivity index (χ3v) is 3.38. The molecule has 0 saturated carbocycles. The van der Waals surface area contributed by atoms with Crippen LogP contribution >= 0.6 is 12.4 Å². The van der Waals surface area contributed by atoms with Gasteiger partial charge in [0.25, 0.3) is 0 Å². The molecule has 0 aliphatic carbocycles. The van der Waals surface area contributed by atoms with Crippen LogP contribution in [0.1, 0.15) is 5.56 Å². The average molecular weight is 301 g/mol. The highest BCUT2D eigenvalue weighted by Crippen LogP contribution is 2.28. The number of methoxy groups -OCH3 is 1. The number of hydrogen-bond donors (Lipinski definition) is 1. The number of aromatic nitrogens is 1. The third-order valence-electron chi connectivity index (χ3n) is 3.38. The summed E-state index contributed by atoms with van der Waals surface area (Å²) in [6.07, 6.45) is 0. The second kappa shape index (κ2) is 6.02. The normalized spacial score (nSPS) is 10.2. The monoisotopic (exact) mass is 300 g/mol. The molecule has 3 nitrogen and oxygen atoms in total. The Bertz CT molecular complexity index is 787. The second-order valence-corrected chi connectivity index (χ2v) is 4.85. The summed E-state index contributed by atoms with van der Waals surface area (Å²) in [4.78, 5) is 4.51. The Balaban J connectivity index is 0.00000161. The molecule has 0 spiro atoms. The number of pyridine rings is 1. The average Bonchev–Trinajstić information content (AvgIpc) is 2.48. The van der Waals surface area contributed by atoms with E-state index in [1.807, 2.05) is 24.3 Å². The third kappa shape index (κ3) is 2.93. The predicted molar refractivity (Wildman–Crippen MR) is 90.1 cm³/mol. The van der Waals surface area contributed by atoms with Gasteiger partial charge in [-0.15, -0.1) is 12.4 Å². The molecule has 3 rings (SSSR count).